The second-order valence-electron chi connectivity index (χ2n) is 5.81. The molecule has 0 saturated carbocycles. The molecule has 1 aliphatic rings. The zero-order chi connectivity index (χ0) is 14.0. The molecule has 4 heteroatoms. The summed E-state index contributed by atoms with van der Waals surface area (Å²) in [5, 5.41) is 8.31. The van der Waals surface area contributed by atoms with Gasteiger partial charge in [-0.3, -0.25) is 4.68 Å². The maximum Gasteiger partial charge on any atom is 0.0644 e. The van der Waals surface area contributed by atoms with Crippen molar-refractivity contribution in [2.24, 2.45) is 0 Å². The highest BCUT2D eigenvalue weighted by Gasteiger charge is 2.22. The summed E-state index contributed by atoms with van der Waals surface area (Å²) < 4.78 is 2.10. The highest BCUT2D eigenvalue weighted by molar-refractivity contribution is 5.27. The number of likely N-dealkylation sites (tertiary alicyclic amines) is 1. The Hall–Kier alpha value is -0.870. The van der Waals surface area contributed by atoms with Crippen LogP contribution in [0.15, 0.2) is 0 Å². The lowest BCUT2D eigenvalue weighted by Gasteiger charge is -2.23. The van der Waals surface area contributed by atoms with Crippen LogP contribution in [0.2, 0.25) is 0 Å². The van der Waals surface area contributed by atoms with Gasteiger partial charge in [0.1, 0.15) is 0 Å². The molecule has 1 fully saturated rings. The number of nitrogens with one attached hydrogen (secondary N) is 1. The van der Waals surface area contributed by atoms with Gasteiger partial charge in [-0.1, -0.05) is 0 Å². The van der Waals surface area contributed by atoms with Crippen LogP contribution in [0.3, 0.4) is 0 Å². The van der Waals surface area contributed by atoms with E-state index in [1.165, 1.54) is 36.3 Å². The van der Waals surface area contributed by atoms with Gasteiger partial charge in [-0.15, -0.1) is 0 Å². The predicted octanol–water partition coefficient (Wildman–Crippen LogP) is 2.26. The molecule has 0 aliphatic carbocycles. The van der Waals surface area contributed by atoms with E-state index in [0.29, 0.717) is 12.1 Å². The molecule has 4 nitrogen and oxygen atoms in total. The van der Waals surface area contributed by atoms with Crippen molar-refractivity contribution in [2.75, 3.05) is 20.1 Å². The first-order chi connectivity index (χ1) is 9.04. The molecule has 1 aliphatic heterocycles. The van der Waals surface area contributed by atoms with Crippen LogP contribution in [0, 0.1) is 13.8 Å². The average Bonchev–Trinajstić information content (AvgIpc) is 2.90. The average molecular weight is 264 g/mol. The summed E-state index contributed by atoms with van der Waals surface area (Å²) in [6.07, 6.45) is 2.66. The molecule has 108 valence electrons. The largest absolute Gasteiger partial charge is 0.309 e. The first-order valence-corrected chi connectivity index (χ1v) is 7.52. The van der Waals surface area contributed by atoms with E-state index < -0.39 is 0 Å². The zero-order valence-electron chi connectivity index (χ0n) is 13.0. The van der Waals surface area contributed by atoms with E-state index in [4.69, 9.17) is 0 Å². The maximum absolute atomic E-state index is 4.61. The van der Waals surface area contributed by atoms with Crippen molar-refractivity contribution < 1.29 is 0 Å². The maximum atomic E-state index is 4.61. The van der Waals surface area contributed by atoms with Gasteiger partial charge in [0.2, 0.25) is 0 Å². The number of hydrogen-bond donors (Lipinski definition) is 1. The SMILES string of the molecule is CCn1nc(C)c(C(C)NCC2CCCN2C)c1C. The fourth-order valence-corrected chi connectivity index (χ4v) is 3.30. The Morgan fingerprint density at radius 2 is 2.16 bits per heavy atom. The molecule has 0 spiro atoms. The standard InChI is InChI=1S/C15H28N4/c1-6-19-13(4)15(12(3)17-19)11(2)16-10-14-8-7-9-18(14)5/h11,14,16H,6-10H2,1-5H3. The van der Waals surface area contributed by atoms with Crippen molar-refractivity contribution in [2.45, 2.75) is 59.2 Å². The molecule has 1 saturated heterocycles. The van der Waals surface area contributed by atoms with Gasteiger partial charge in [0.15, 0.2) is 0 Å². The van der Waals surface area contributed by atoms with Gasteiger partial charge in [-0.25, -0.2) is 0 Å². The molecule has 2 heterocycles. The third-order valence-electron chi connectivity index (χ3n) is 4.50. The molecule has 19 heavy (non-hydrogen) atoms. The molecule has 2 unspecified atom stereocenters. The molecule has 1 N–H and O–H groups in total. The summed E-state index contributed by atoms with van der Waals surface area (Å²) in [4.78, 5) is 2.47. The first-order valence-electron chi connectivity index (χ1n) is 7.52. The van der Waals surface area contributed by atoms with E-state index in [0.717, 1.165) is 13.1 Å². The topological polar surface area (TPSA) is 33.1 Å². The van der Waals surface area contributed by atoms with Crippen LogP contribution in [0.25, 0.3) is 0 Å². The molecule has 2 atom stereocenters. The Morgan fingerprint density at radius 3 is 2.68 bits per heavy atom. The molecule has 0 amide bonds. The van der Waals surface area contributed by atoms with Gasteiger partial charge in [0.25, 0.3) is 0 Å². The zero-order valence-corrected chi connectivity index (χ0v) is 13.0. The lowest BCUT2D eigenvalue weighted by Crippen LogP contribution is -2.36. The van der Waals surface area contributed by atoms with Gasteiger partial charge < -0.3 is 10.2 Å². The number of rotatable bonds is 5. The number of aromatic nitrogens is 2. The number of likely N-dealkylation sites (N-methyl/N-ethyl adjacent to an activating group) is 1. The van der Waals surface area contributed by atoms with Gasteiger partial charge in [-0.2, -0.15) is 5.10 Å². The van der Waals surface area contributed by atoms with Crippen LogP contribution in [0.1, 0.15) is 49.7 Å². The normalized spacial score (nSPS) is 22.1. The van der Waals surface area contributed by atoms with Gasteiger partial charge in [0.05, 0.1) is 5.69 Å². The van der Waals surface area contributed by atoms with Gasteiger partial charge >= 0.3 is 0 Å². The number of hydrogen-bond acceptors (Lipinski definition) is 3. The quantitative estimate of drug-likeness (QED) is 0.885. The molecular weight excluding hydrogens is 236 g/mol. The Morgan fingerprint density at radius 1 is 1.42 bits per heavy atom. The Kier molecular flexibility index (Phi) is 4.63. The van der Waals surface area contributed by atoms with E-state index in [9.17, 15) is 0 Å². The molecular formula is C15H28N4. The fourth-order valence-electron chi connectivity index (χ4n) is 3.30. The van der Waals surface area contributed by atoms with E-state index in [1.54, 1.807) is 0 Å². The van der Waals surface area contributed by atoms with E-state index >= 15 is 0 Å². The first kappa shape index (κ1) is 14.5. The summed E-state index contributed by atoms with van der Waals surface area (Å²) in [6.45, 7) is 12.0. The third kappa shape index (κ3) is 3.00. The van der Waals surface area contributed by atoms with Crippen molar-refractivity contribution >= 4 is 0 Å². The summed E-state index contributed by atoms with van der Waals surface area (Å²) >= 11 is 0. The fraction of sp³-hybridized carbons (Fsp3) is 0.800. The summed E-state index contributed by atoms with van der Waals surface area (Å²) in [7, 11) is 2.23. The lowest BCUT2D eigenvalue weighted by atomic mass is 10.1. The summed E-state index contributed by atoms with van der Waals surface area (Å²) in [6, 6.07) is 1.08. The minimum Gasteiger partial charge on any atom is -0.309 e. The molecule has 0 aromatic carbocycles. The van der Waals surface area contributed by atoms with Crippen LogP contribution in [0.5, 0.6) is 0 Å². The predicted molar refractivity (Wildman–Crippen MR) is 79.4 cm³/mol. The number of nitrogens with zero attached hydrogens (tertiary/aromatic N) is 3. The van der Waals surface area contributed by atoms with Crippen LogP contribution in [0.4, 0.5) is 0 Å². The minimum absolute atomic E-state index is 0.384. The van der Waals surface area contributed by atoms with Crippen LogP contribution >= 0.6 is 0 Å². The third-order valence-corrected chi connectivity index (χ3v) is 4.50. The van der Waals surface area contributed by atoms with Crippen LogP contribution in [-0.2, 0) is 6.54 Å². The lowest BCUT2D eigenvalue weighted by molar-refractivity contribution is 0.293. The molecule has 1 aromatic rings. The second-order valence-corrected chi connectivity index (χ2v) is 5.81. The smallest absolute Gasteiger partial charge is 0.0644 e. The van der Waals surface area contributed by atoms with Gasteiger partial charge in [-0.05, 0) is 54.1 Å². The molecule has 2 rings (SSSR count). The van der Waals surface area contributed by atoms with Crippen molar-refractivity contribution in [3.63, 3.8) is 0 Å². The highest BCUT2D eigenvalue weighted by atomic mass is 15.3. The van der Waals surface area contributed by atoms with Crippen molar-refractivity contribution in [3.8, 4) is 0 Å². The van der Waals surface area contributed by atoms with Gasteiger partial charge in [0, 0.05) is 36.4 Å². The summed E-state index contributed by atoms with van der Waals surface area (Å²) in [5.74, 6) is 0. The minimum atomic E-state index is 0.384. The molecule has 0 radical (unpaired) electrons. The monoisotopic (exact) mass is 264 g/mol. The van der Waals surface area contributed by atoms with Crippen molar-refractivity contribution in [3.05, 3.63) is 17.0 Å². The molecule has 0 bridgehead atoms. The second kappa shape index (κ2) is 6.06. The van der Waals surface area contributed by atoms with Crippen molar-refractivity contribution in [1.29, 1.82) is 0 Å². The van der Waals surface area contributed by atoms with E-state index in [2.05, 4.69) is 54.7 Å². The van der Waals surface area contributed by atoms with E-state index in [-0.39, 0.29) is 0 Å². The Balaban J connectivity index is 1.99. The Labute approximate surface area is 117 Å². The highest BCUT2D eigenvalue weighted by Crippen LogP contribution is 2.22. The van der Waals surface area contributed by atoms with Crippen molar-refractivity contribution in [1.82, 2.24) is 20.0 Å². The molecule has 1 aromatic heterocycles. The van der Waals surface area contributed by atoms with Crippen LogP contribution < -0.4 is 5.32 Å². The Bertz CT molecular complexity index is 424. The van der Waals surface area contributed by atoms with Crippen LogP contribution in [-0.4, -0.2) is 40.9 Å². The summed E-state index contributed by atoms with van der Waals surface area (Å²) in [5.41, 5.74) is 3.85. The van der Waals surface area contributed by atoms with E-state index in [1.807, 2.05) is 0 Å². The number of aryl methyl sites for hydroxylation is 2.